The molecule has 1 rings (SSSR count). The van der Waals surface area contributed by atoms with E-state index in [9.17, 15) is 9.59 Å². The topological polar surface area (TPSA) is 88.1 Å². The van der Waals surface area contributed by atoms with Crippen molar-refractivity contribution in [3.8, 4) is 0 Å². The van der Waals surface area contributed by atoms with E-state index in [1.165, 1.54) is 0 Å². The molecule has 7 heteroatoms. The van der Waals surface area contributed by atoms with E-state index in [0.717, 1.165) is 12.8 Å². The van der Waals surface area contributed by atoms with Crippen molar-refractivity contribution in [1.82, 2.24) is 10.2 Å². The number of amides is 2. The van der Waals surface area contributed by atoms with Crippen LogP contribution < -0.4 is 5.32 Å². The molecule has 0 saturated carbocycles. The number of ether oxygens (including phenoxy) is 2. The van der Waals surface area contributed by atoms with Gasteiger partial charge in [-0.25, -0.2) is 9.59 Å². The van der Waals surface area contributed by atoms with Crippen LogP contribution in [0.5, 0.6) is 0 Å². The predicted octanol–water partition coefficient (Wildman–Crippen LogP) is 0.687. The normalized spacial score (nSPS) is 17.5. The van der Waals surface area contributed by atoms with Gasteiger partial charge in [-0.05, 0) is 25.7 Å². The van der Waals surface area contributed by atoms with Gasteiger partial charge in [-0.1, -0.05) is 0 Å². The van der Waals surface area contributed by atoms with E-state index in [2.05, 4.69) is 5.32 Å². The Balaban J connectivity index is 2.45. The molecule has 0 aromatic carbocycles. The number of rotatable bonds is 7. The summed E-state index contributed by atoms with van der Waals surface area (Å²) in [4.78, 5) is 24.8. The highest BCUT2D eigenvalue weighted by atomic mass is 16.5. The molecule has 0 aromatic rings. The lowest BCUT2D eigenvalue weighted by Gasteiger charge is -2.32. The molecule has 0 aromatic heterocycles. The Morgan fingerprint density at radius 1 is 1.45 bits per heavy atom. The standard InChI is InChI=1S/C13H24N2O5/c1-15(10-5-8-20-9-6-10)13(18)14-11(12(16)17)4-3-7-19-2/h10-11H,3-9H2,1-2H3,(H,14,18)(H,16,17). The van der Waals surface area contributed by atoms with Crippen molar-refractivity contribution in [2.45, 2.75) is 37.8 Å². The van der Waals surface area contributed by atoms with Crippen LogP contribution in [-0.4, -0.2) is 68.1 Å². The van der Waals surface area contributed by atoms with E-state index in [-0.39, 0.29) is 12.1 Å². The van der Waals surface area contributed by atoms with Gasteiger partial charge in [-0.15, -0.1) is 0 Å². The summed E-state index contributed by atoms with van der Waals surface area (Å²) in [6.07, 6.45) is 2.52. The number of hydrogen-bond donors (Lipinski definition) is 2. The van der Waals surface area contributed by atoms with E-state index >= 15 is 0 Å². The first-order valence-electron chi connectivity index (χ1n) is 6.89. The van der Waals surface area contributed by atoms with Crippen molar-refractivity contribution < 1.29 is 24.2 Å². The number of hydrogen-bond acceptors (Lipinski definition) is 4. The Morgan fingerprint density at radius 3 is 2.65 bits per heavy atom. The molecule has 2 N–H and O–H groups in total. The molecule has 20 heavy (non-hydrogen) atoms. The van der Waals surface area contributed by atoms with Crippen LogP contribution in [0.2, 0.25) is 0 Å². The highest BCUT2D eigenvalue weighted by molar-refractivity contribution is 5.82. The number of nitrogens with one attached hydrogen (secondary N) is 1. The van der Waals surface area contributed by atoms with Gasteiger partial charge in [0.25, 0.3) is 0 Å². The number of nitrogens with zero attached hydrogens (tertiary/aromatic N) is 1. The molecule has 0 aliphatic carbocycles. The first-order valence-corrected chi connectivity index (χ1v) is 6.89. The van der Waals surface area contributed by atoms with Crippen molar-refractivity contribution in [1.29, 1.82) is 0 Å². The van der Waals surface area contributed by atoms with E-state index in [0.29, 0.717) is 32.7 Å². The van der Waals surface area contributed by atoms with Gasteiger partial charge < -0.3 is 24.8 Å². The van der Waals surface area contributed by atoms with Gasteiger partial charge in [0, 0.05) is 40.0 Å². The molecule has 1 unspecified atom stereocenters. The number of methoxy groups -OCH3 is 1. The van der Waals surface area contributed by atoms with E-state index in [4.69, 9.17) is 14.6 Å². The van der Waals surface area contributed by atoms with Gasteiger partial charge in [-0.3, -0.25) is 0 Å². The molecule has 0 spiro atoms. The summed E-state index contributed by atoms with van der Waals surface area (Å²) in [6, 6.07) is -1.11. The highest BCUT2D eigenvalue weighted by Crippen LogP contribution is 2.13. The number of carbonyl (C=O) groups is 2. The van der Waals surface area contributed by atoms with Crippen molar-refractivity contribution >= 4 is 12.0 Å². The number of urea groups is 1. The maximum absolute atomic E-state index is 12.1. The summed E-state index contributed by atoms with van der Waals surface area (Å²) in [7, 11) is 3.26. The summed E-state index contributed by atoms with van der Waals surface area (Å²) in [6.45, 7) is 1.76. The third-order valence-corrected chi connectivity index (χ3v) is 3.50. The largest absolute Gasteiger partial charge is 0.480 e. The molecule has 0 radical (unpaired) electrons. The van der Waals surface area contributed by atoms with Gasteiger partial charge in [0.15, 0.2) is 0 Å². The Kier molecular flexibility index (Phi) is 7.32. The highest BCUT2D eigenvalue weighted by Gasteiger charge is 2.26. The minimum Gasteiger partial charge on any atom is -0.480 e. The second-order valence-corrected chi connectivity index (χ2v) is 4.93. The Bertz CT molecular complexity index is 318. The zero-order chi connectivity index (χ0) is 15.0. The van der Waals surface area contributed by atoms with Gasteiger partial charge in [0.05, 0.1) is 0 Å². The van der Waals surface area contributed by atoms with Crippen LogP contribution in [0, 0.1) is 0 Å². The molecular formula is C13H24N2O5. The second-order valence-electron chi connectivity index (χ2n) is 4.93. The van der Waals surface area contributed by atoms with Crippen molar-refractivity contribution in [2.75, 3.05) is 34.0 Å². The summed E-state index contributed by atoms with van der Waals surface area (Å²) < 4.78 is 10.1. The number of aliphatic carboxylic acids is 1. The molecular weight excluding hydrogens is 264 g/mol. The zero-order valence-corrected chi connectivity index (χ0v) is 12.1. The van der Waals surface area contributed by atoms with E-state index in [1.54, 1.807) is 19.1 Å². The van der Waals surface area contributed by atoms with Crippen molar-refractivity contribution in [3.63, 3.8) is 0 Å². The summed E-state index contributed by atoms with van der Waals surface area (Å²) in [5.41, 5.74) is 0. The van der Waals surface area contributed by atoms with Crippen LogP contribution in [-0.2, 0) is 14.3 Å². The minimum atomic E-state index is -1.02. The average Bonchev–Trinajstić information content (AvgIpc) is 2.46. The molecule has 2 amide bonds. The van der Waals surface area contributed by atoms with Gasteiger partial charge in [0.2, 0.25) is 0 Å². The lowest BCUT2D eigenvalue weighted by molar-refractivity contribution is -0.139. The second kappa shape index (κ2) is 8.76. The summed E-state index contributed by atoms with van der Waals surface area (Å²) >= 11 is 0. The molecule has 1 atom stereocenters. The fraction of sp³-hybridized carbons (Fsp3) is 0.846. The molecule has 1 saturated heterocycles. The fourth-order valence-corrected chi connectivity index (χ4v) is 2.18. The lowest BCUT2D eigenvalue weighted by atomic mass is 10.1. The average molecular weight is 288 g/mol. The minimum absolute atomic E-state index is 0.108. The van der Waals surface area contributed by atoms with Crippen LogP contribution in [0.25, 0.3) is 0 Å². The van der Waals surface area contributed by atoms with Crippen LogP contribution >= 0.6 is 0 Å². The van der Waals surface area contributed by atoms with Crippen LogP contribution in [0.1, 0.15) is 25.7 Å². The molecule has 7 nitrogen and oxygen atoms in total. The van der Waals surface area contributed by atoms with Crippen LogP contribution in [0.15, 0.2) is 0 Å². The molecule has 1 aliphatic rings. The zero-order valence-electron chi connectivity index (χ0n) is 12.1. The Morgan fingerprint density at radius 2 is 2.10 bits per heavy atom. The lowest BCUT2D eigenvalue weighted by Crippen LogP contribution is -2.50. The number of carboxylic acid groups (broad SMARTS) is 1. The molecule has 0 bridgehead atoms. The van der Waals surface area contributed by atoms with Gasteiger partial charge in [-0.2, -0.15) is 0 Å². The predicted molar refractivity (Wildman–Crippen MR) is 72.7 cm³/mol. The quantitative estimate of drug-likeness (QED) is 0.673. The smallest absolute Gasteiger partial charge is 0.326 e. The van der Waals surface area contributed by atoms with E-state index in [1.807, 2.05) is 0 Å². The first kappa shape index (κ1) is 16.7. The summed E-state index contributed by atoms with van der Waals surface area (Å²) in [5, 5.41) is 11.7. The molecule has 1 heterocycles. The molecule has 116 valence electrons. The van der Waals surface area contributed by atoms with Crippen molar-refractivity contribution in [2.24, 2.45) is 0 Å². The monoisotopic (exact) mass is 288 g/mol. The van der Waals surface area contributed by atoms with Gasteiger partial charge >= 0.3 is 12.0 Å². The Labute approximate surface area is 119 Å². The van der Waals surface area contributed by atoms with E-state index < -0.39 is 12.0 Å². The van der Waals surface area contributed by atoms with Gasteiger partial charge in [0.1, 0.15) is 6.04 Å². The third kappa shape index (κ3) is 5.34. The van der Waals surface area contributed by atoms with Crippen LogP contribution in [0.4, 0.5) is 4.79 Å². The molecule has 1 fully saturated rings. The fourth-order valence-electron chi connectivity index (χ4n) is 2.18. The SMILES string of the molecule is COCCCC(NC(=O)N(C)C1CCOCC1)C(=O)O. The maximum atomic E-state index is 12.1. The van der Waals surface area contributed by atoms with Crippen LogP contribution in [0.3, 0.4) is 0 Å². The number of carbonyl (C=O) groups excluding carboxylic acids is 1. The number of carboxylic acids is 1. The third-order valence-electron chi connectivity index (χ3n) is 3.50. The first-order chi connectivity index (χ1) is 9.56. The Hall–Kier alpha value is -1.34. The maximum Gasteiger partial charge on any atom is 0.326 e. The molecule has 1 aliphatic heterocycles. The van der Waals surface area contributed by atoms with Crippen molar-refractivity contribution in [3.05, 3.63) is 0 Å². The summed E-state index contributed by atoms with van der Waals surface area (Å²) in [5.74, 6) is -1.02.